The molecule has 2 heterocycles. The maximum absolute atomic E-state index is 13.1. The maximum atomic E-state index is 13.1. The fraction of sp³-hybridized carbons (Fsp3) is 0.391. The van der Waals surface area contributed by atoms with E-state index in [4.69, 9.17) is 9.47 Å². The number of amides is 2. The van der Waals surface area contributed by atoms with Gasteiger partial charge in [-0.05, 0) is 29.3 Å². The summed E-state index contributed by atoms with van der Waals surface area (Å²) < 4.78 is 49.4. The third-order valence-electron chi connectivity index (χ3n) is 5.17. The number of alkyl halides is 3. The topological polar surface area (TPSA) is 97.8 Å². The monoisotopic (exact) mass is 479 g/mol. The van der Waals surface area contributed by atoms with Crippen LogP contribution in [0.4, 0.5) is 23.7 Å². The van der Waals surface area contributed by atoms with Crippen molar-refractivity contribution in [3.63, 3.8) is 0 Å². The van der Waals surface area contributed by atoms with Gasteiger partial charge in [0.1, 0.15) is 12.3 Å². The van der Waals surface area contributed by atoms with Crippen molar-refractivity contribution in [2.24, 2.45) is 5.41 Å². The number of methoxy groups -OCH3 is 1. The lowest BCUT2D eigenvalue weighted by Crippen LogP contribution is -2.29. The number of carbonyl (C=O) groups excluding carboxylic acids is 3. The number of pyridine rings is 1. The van der Waals surface area contributed by atoms with Crippen LogP contribution >= 0.6 is 0 Å². The first kappa shape index (κ1) is 25.0. The second kappa shape index (κ2) is 9.32. The summed E-state index contributed by atoms with van der Waals surface area (Å²) in [5, 5.41) is 2.44. The van der Waals surface area contributed by atoms with E-state index < -0.39 is 41.7 Å². The molecule has 1 aliphatic heterocycles. The van der Waals surface area contributed by atoms with Gasteiger partial charge in [-0.15, -0.1) is 0 Å². The number of esters is 1. The Morgan fingerprint density at radius 2 is 1.76 bits per heavy atom. The Bertz CT molecular complexity index is 1130. The summed E-state index contributed by atoms with van der Waals surface area (Å²) in [5.41, 5.74) is -0.181. The van der Waals surface area contributed by atoms with E-state index >= 15 is 0 Å². The van der Waals surface area contributed by atoms with Gasteiger partial charge in [-0.3, -0.25) is 14.7 Å². The minimum atomic E-state index is -4.66. The van der Waals surface area contributed by atoms with Crippen LogP contribution in [0, 0.1) is 5.41 Å². The Kier molecular flexibility index (Phi) is 6.85. The van der Waals surface area contributed by atoms with Crippen molar-refractivity contribution in [3.8, 4) is 0 Å². The van der Waals surface area contributed by atoms with E-state index in [-0.39, 0.29) is 24.5 Å². The quantitative estimate of drug-likeness (QED) is 0.648. The molecule has 0 fully saturated rings. The highest BCUT2D eigenvalue weighted by atomic mass is 19.4. The molecule has 0 saturated heterocycles. The van der Waals surface area contributed by atoms with Gasteiger partial charge in [0.2, 0.25) is 5.91 Å². The third kappa shape index (κ3) is 5.64. The van der Waals surface area contributed by atoms with Crippen molar-refractivity contribution in [1.29, 1.82) is 0 Å². The molecule has 1 aromatic carbocycles. The summed E-state index contributed by atoms with van der Waals surface area (Å²) in [6.45, 7) is 4.81. The Balaban J connectivity index is 1.73. The zero-order valence-corrected chi connectivity index (χ0v) is 19.1. The Labute approximate surface area is 194 Å². The van der Waals surface area contributed by atoms with Crippen LogP contribution in [0.25, 0.3) is 0 Å². The van der Waals surface area contributed by atoms with E-state index in [9.17, 15) is 27.6 Å². The van der Waals surface area contributed by atoms with Crippen LogP contribution in [0.2, 0.25) is 0 Å². The van der Waals surface area contributed by atoms with Gasteiger partial charge in [-0.1, -0.05) is 26.8 Å². The average molecular weight is 479 g/mol. The molecular formula is C23H24F3N3O5. The molecule has 1 aromatic heterocycles. The molecule has 0 spiro atoms. The van der Waals surface area contributed by atoms with Crippen LogP contribution in [-0.2, 0) is 40.1 Å². The first-order chi connectivity index (χ1) is 15.8. The van der Waals surface area contributed by atoms with E-state index in [0.29, 0.717) is 11.8 Å². The molecule has 0 unspecified atom stereocenters. The normalized spacial score (nSPS) is 13.3. The van der Waals surface area contributed by atoms with Crippen molar-refractivity contribution < 1.29 is 37.0 Å². The molecule has 0 saturated carbocycles. The SMILES string of the molecule is COC(=O)c1ccc2c(c1)CN(C(=O)OCc1ncc(C(F)(F)F)cc1NC(=O)C(C)(C)C)C2. The number of halogens is 3. The number of ether oxygens (including phenoxy) is 2. The molecule has 0 aliphatic carbocycles. The summed E-state index contributed by atoms with van der Waals surface area (Å²) in [6.07, 6.45) is -4.75. The fourth-order valence-electron chi connectivity index (χ4n) is 3.17. The fourth-order valence-corrected chi connectivity index (χ4v) is 3.17. The minimum absolute atomic E-state index is 0.0244. The lowest BCUT2D eigenvalue weighted by atomic mass is 9.95. The molecule has 3 rings (SSSR count). The van der Waals surface area contributed by atoms with Gasteiger partial charge in [-0.2, -0.15) is 13.2 Å². The van der Waals surface area contributed by atoms with Crippen molar-refractivity contribution >= 4 is 23.7 Å². The molecule has 11 heteroatoms. The predicted octanol–water partition coefficient (Wildman–Crippen LogP) is 4.52. The molecule has 0 atom stereocenters. The summed E-state index contributed by atoms with van der Waals surface area (Å²) in [7, 11) is 1.27. The van der Waals surface area contributed by atoms with Gasteiger partial charge in [-0.25, -0.2) is 9.59 Å². The zero-order chi connectivity index (χ0) is 25.3. The first-order valence-electron chi connectivity index (χ1n) is 10.3. The number of aromatic nitrogens is 1. The summed E-state index contributed by atoms with van der Waals surface area (Å²) >= 11 is 0. The lowest BCUT2D eigenvalue weighted by molar-refractivity contribution is -0.137. The molecule has 2 amide bonds. The number of fused-ring (bicyclic) bond motifs is 1. The standard InChI is InChI=1S/C23H24F3N3O5/c1-22(2,3)20(31)28-17-8-16(23(24,25)26)9-27-18(17)12-34-21(32)29-10-14-6-5-13(19(30)33-4)7-15(14)11-29/h5-9H,10-12H2,1-4H3,(H,28,31). The molecule has 1 N–H and O–H groups in total. The van der Waals surface area contributed by atoms with Crippen molar-refractivity contribution in [2.75, 3.05) is 12.4 Å². The number of nitrogens with zero attached hydrogens (tertiary/aromatic N) is 2. The highest BCUT2D eigenvalue weighted by molar-refractivity contribution is 5.95. The van der Waals surface area contributed by atoms with E-state index in [1.54, 1.807) is 39.0 Å². The number of hydrogen-bond donors (Lipinski definition) is 1. The molecule has 182 valence electrons. The van der Waals surface area contributed by atoms with Crippen LogP contribution in [0.15, 0.2) is 30.5 Å². The molecule has 2 aromatic rings. The van der Waals surface area contributed by atoms with Gasteiger partial charge in [0.15, 0.2) is 0 Å². The van der Waals surface area contributed by atoms with Crippen molar-refractivity contribution in [1.82, 2.24) is 9.88 Å². The Morgan fingerprint density at radius 1 is 1.09 bits per heavy atom. The predicted molar refractivity (Wildman–Crippen MR) is 115 cm³/mol. The molecule has 0 radical (unpaired) electrons. The van der Waals surface area contributed by atoms with Crippen molar-refractivity contribution in [3.05, 3.63) is 58.4 Å². The largest absolute Gasteiger partial charge is 0.465 e. The van der Waals surface area contributed by atoms with E-state index in [1.807, 2.05) is 0 Å². The third-order valence-corrected chi connectivity index (χ3v) is 5.17. The van der Waals surface area contributed by atoms with Crippen LogP contribution < -0.4 is 5.32 Å². The summed E-state index contributed by atoms with van der Waals surface area (Å²) in [5.74, 6) is -1.01. The van der Waals surface area contributed by atoms with Crippen LogP contribution in [-0.4, -0.2) is 35.0 Å². The Hall–Kier alpha value is -3.63. The highest BCUT2D eigenvalue weighted by Crippen LogP contribution is 2.32. The summed E-state index contributed by atoms with van der Waals surface area (Å²) in [6, 6.07) is 5.70. The number of hydrogen-bond acceptors (Lipinski definition) is 6. The van der Waals surface area contributed by atoms with E-state index in [2.05, 4.69) is 10.3 Å². The second-order valence-electron chi connectivity index (χ2n) is 8.81. The van der Waals surface area contributed by atoms with Gasteiger partial charge in [0.25, 0.3) is 0 Å². The summed E-state index contributed by atoms with van der Waals surface area (Å²) in [4.78, 5) is 41.8. The molecule has 1 aliphatic rings. The van der Waals surface area contributed by atoms with Gasteiger partial charge < -0.3 is 14.8 Å². The molecule has 8 nitrogen and oxygen atoms in total. The number of anilines is 1. The maximum Gasteiger partial charge on any atom is 0.417 e. The molecular weight excluding hydrogens is 455 g/mol. The van der Waals surface area contributed by atoms with Crippen LogP contribution in [0.5, 0.6) is 0 Å². The number of carbonyl (C=O) groups is 3. The lowest BCUT2D eigenvalue weighted by Gasteiger charge is -2.20. The number of rotatable bonds is 4. The number of benzene rings is 1. The van der Waals surface area contributed by atoms with Gasteiger partial charge in [0.05, 0.1) is 23.9 Å². The Morgan fingerprint density at radius 3 is 2.38 bits per heavy atom. The van der Waals surface area contributed by atoms with Crippen molar-refractivity contribution in [2.45, 2.75) is 46.6 Å². The van der Waals surface area contributed by atoms with Crippen LogP contribution in [0.1, 0.15) is 53.5 Å². The zero-order valence-electron chi connectivity index (χ0n) is 19.1. The van der Waals surface area contributed by atoms with Gasteiger partial charge >= 0.3 is 18.2 Å². The second-order valence-corrected chi connectivity index (χ2v) is 8.81. The van der Waals surface area contributed by atoms with Crippen LogP contribution in [0.3, 0.4) is 0 Å². The smallest absolute Gasteiger partial charge is 0.417 e. The molecule has 0 bridgehead atoms. The minimum Gasteiger partial charge on any atom is -0.465 e. The van der Waals surface area contributed by atoms with E-state index in [0.717, 1.165) is 17.2 Å². The van der Waals surface area contributed by atoms with E-state index in [1.165, 1.54) is 12.0 Å². The highest BCUT2D eigenvalue weighted by Gasteiger charge is 2.33. The first-order valence-corrected chi connectivity index (χ1v) is 10.3. The average Bonchev–Trinajstić information content (AvgIpc) is 3.19. The van der Waals surface area contributed by atoms with Gasteiger partial charge in [0, 0.05) is 24.7 Å². The number of nitrogens with one attached hydrogen (secondary N) is 1. The molecule has 34 heavy (non-hydrogen) atoms.